The summed E-state index contributed by atoms with van der Waals surface area (Å²) in [6.45, 7) is 8.22. The molecule has 0 spiro atoms. The lowest BCUT2D eigenvalue weighted by Crippen LogP contribution is -2.26. The van der Waals surface area contributed by atoms with Crippen molar-refractivity contribution in [1.82, 2.24) is 9.88 Å². The third kappa shape index (κ3) is 2.63. The van der Waals surface area contributed by atoms with Crippen LogP contribution in [0.5, 0.6) is 5.75 Å². The van der Waals surface area contributed by atoms with Gasteiger partial charge in [0, 0.05) is 11.9 Å². The second-order valence-corrected chi connectivity index (χ2v) is 4.79. The normalized spacial score (nSPS) is 11.4. The number of aromatic amines is 1. The Bertz CT molecular complexity index is 642. The molecule has 0 atom stereocenters. The van der Waals surface area contributed by atoms with Gasteiger partial charge in [0.2, 0.25) is 0 Å². The average molecular weight is 260 g/mol. The van der Waals surface area contributed by atoms with Crippen molar-refractivity contribution in [1.29, 1.82) is 0 Å². The first-order valence-electron chi connectivity index (χ1n) is 6.63. The van der Waals surface area contributed by atoms with Gasteiger partial charge in [0.1, 0.15) is 5.75 Å². The molecule has 19 heavy (non-hydrogen) atoms. The fraction of sp³-hybridized carbons (Fsp3) is 0.400. The molecule has 4 nitrogen and oxygen atoms in total. The molecule has 0 fully saturated rings. The maximum Gasteiger partial charge on any atom is 0.256 e. The molecule has 0 saturated heterocycles. The van der Waals surface area contributed by atoms with Crippen LogP contribution in [0.25, 0.3) is 10.9 Å². The van der Waals surface area contributed by atoms with Gasteiger partial charge in [0.25, 0.3) is 5.56 Å². The SMILES string of the molecule is CCN(CC)Cc1c(O)c2cc(C)ccc2[nH]c1=O. The Morgan fingerprint density at radius 3 is 2.58 bits per heavy atom. The maximum absolute atomic E-state index is 12.1. The fourth-order valence-electron chi connectivity index (χ4n) is 2.25. The van der Waals surface area contributed by atoms with Crippen LogP contribution in [0, 0.1) is 6.92 Å². The van der Waals surface area contributed by atoms with Gasteiger partial charge in [-0.3, -0.25) is 9.69 Å². The van der Waals surface area contributed by atoms with Crippen LogP contribution in [-0.2, 0) is 6.54 Å². The van der Waals surface area contributed by atoms with E-state index in [9.17, 15) is 9.90 Å². The van der Waals surface area contributed by atoms with E-state index < -0.39 is 0 Å². The number of aromatic hydroxyl groups is 1. The predicted octanol–water partition coefficient (Wildman–Crippen LogP) is 2.38. The van der Waals surface area contributed by atoms with Gasteiger partial charge in [-0.2, -0.15) is 0 Å². The van der Waals surface area contributed by atoms with E-state index in [-0.39, 0.29) is 11.3 Å². The lowest BCUT2D eigenvalue weighted by molar-refractivity contribution is 0.290. The first-order valence-corrected chi connectivity index (χ1v) is 6.63. The van der Waals surface area contributed by atoms with E-state index >= 15 is 0 Å². The highest BCUT2D eigenvalue weighted by molar-refractivity contribution is 5.86. The lowest BCUT2D eigenvalue weighted by atomic mass is 10.1. The number of aromatic nitrogens is 1. The Balaban J connectivity index is 2.58. The summed E-state index contributed by atoms with van der Waals surface area (Å²) in [4.78, 5) is 17.0. The summed E-state index contributed by atoms with van der Waals surface area (Å²) in [6.07, 6.45) is 0. The quantitative estimate of drug-likeness (QED) is 0.887. The van der Waals surface area contributed by atoms with Crippen LogP contribution in [0.1, 0.15) is 25.0 Å². The van der Waals surface area contributed by atoms with Crippen LogP contribution >= 0.6 is 0 Å². The third-order valence-electron chi connectivity index (χ3n) is 3.51. The molecule has 1 aromatic carbocycles. The summed E-state index contributed by atoms with van der Waals surface area (Å²) in [5, 5.41) is 11.1. The van der Waals surface area contributed by atoms with Crippen molar-refractivity contribution < 1.29 is 5.11 Å². The second-order valence-electron chi connectivity index (χ2n) is 4.79. The highest BCUT2D eigenvalue weighted by Crippen LogP contribution is 2.26. The molecule has 0 saturated carbocycles. The Labute approximate surface area is 112 Å². The summed E-state index contributed by atoms with van der Waals surface area (Å²) in [5.41, 5.74) is 1.97. The van der Waals surface area contributed by atoms with Crippen LogP contribution in [0.4, 0.5) is 0 Å². The number of pyridine rings is 1. The summed E-state index contributed by atoms with van der Waals surface area (Å²) in [7, 11) is 0. The Morgan fingerprint density at radius 2 is 1.95 bits per heavy atom. The van der Waals surface area contributed by atoms with Crippen molar-refractivity contribution >= 4 is 10.9 Å². The van der Waals surface area contributed by atoms with Gasteiger partial charge in [0.05, 0.1) is 11.1 Å². The smallest absolute Gasteiger partial charge is 0.256 e. The summed E-state index contributed by atoms with van der Waals surface area (Å²) in [5.74, 6) is 0.106. The second kappa shape index (κ2) is 5.45. The van der Waals surface area contributed by atoms with Gasteiger partial charge in [-0.1, -0.05) is 25.5 Å². The zero-order valence-corrected chi connectivity index (χ0v) is 11.7. The van der Waals surface area contributed by atoms with E-state index in [1.54, 1.807) is 0 Å². The lowest BCUT2D eigenvalue weighted by Gasteiger charge is -2.18. The third-order valence-corrected chi connectivity index (χ3v) is 3.51. The van der Waals surface area contributed by atoms with Gasteiger partial charge in [-0.15, -0.1) is 0 Å². The molecule has 0 aliphatic carbocycles. The standard InChI is InChI=1S/C15H20N2O2/c1-4-17(5-2)9-12-14(18)11-8-10(3)6-7-13(11)16-15(12)19/h6-8H,4-5,9H2,1-3H3,(H2,16,18,19). The van der Waals surface area contributed by atoms with Crippen molar-refractivity contribution in [3.05, 3.63) is 39.7 Å². The molecule has 0 aliphatic rings. The Morgan fingerprint density at radius 1 is 1.26 bits per heavy atom. The Hall–Kier alpha value is -1.81. The molecular weight excluding hydrogens is 240 g/mol. The molecule has 2 N–H and O–H groups in total. The van der Waals surface area contributed by atoms with Crippen LogP contribution < -0.4 is 5.56 Å². The van der Waals surface area contributed by atoms with E-state index in [4.69, 9.17) is 0 Å². The molecular formula is C15H20N2O2. The zero-order valence-electron chi connectivity index (χ0n) is 11.7. The molecule has 1 aromatic heterocycles. The van der Waals surface area contributed by atoms with Crippen molar-refractivity contribution in [3.8, 4) is 5.75 Å². The molecule has 1 heterocycles. The van der Waals surface area contributed by atoms with E-state index in [1.165, 1.54) is 0 Å². The van der Waals surface area contributed by atoms with Crippen LogP contribution in [-0.4, -0.2) is 28.1 Å². The van der Waals surface area contributed by atoms with Gasteiger partial charge >= 0.3 is 0 Å². The first kappa shape index (κ1) is 13.6. The molecule has 2 rings (SSSR count). The molecule has 4 heteroatoms. The number of aryl methyl sites for hydroxylation is 1. The highest BCUT2D eigenvalue weighted by Gasteiger charge is 2.14. The van der Waals surface area contributed by atoms with E-state index in [0.717, 1.165) is 18.7 Å². The zero-order chi connectivity index (χ0) is 14.0. The van der Waals surface area contributed by atoms with Crippen molar-refractivity contribution in [2.45, 2.75) is 27.3 Å². The predicted molar refractivity (Wildman–Crippen MR) is 77.6 cm³/mol. The number of nitrogens with one attached hydrogen (secondary N) is 1. The number of rotatable bonds is 4. The number of H-pyrrole nitrogens is 1. The molecule has 0 aliphatic heterocycles. The topological polar surface area (TPSA) is 56.3 Å². The minimum absolute atomic E-state index is 0.106. The number of benzene rings is 1. The number of hydrogen-bond donors (Lipinski definition) is 2. The van der Waals surface area contributed by atoms with Crippen molar-refractivity contribution in [2.24, 2.45) is 0 Å². The summed E-state index contributed by atoms with van der Waals surface area (Å²) in [6, 6.07) is 5.64. The first-order chi connectivity index (χ1) is 9.06. The summed E-state index contributed by atoms with van der Waals surface area (Å²) >= 11 is 0. The van der Waals surface area contributed by atoms with Gasteiger partial charge in [0.15, 0.2) is 0 Å². The number of fused-ring (bicyclic) bond motifs is 1. The maximum atomic E-state index is 12.1. The van der Waals surface area contributed by atoms with E-state index in [0.29, 0.717) is 23.0 Å². The molecule has 0 unspecified atom stereocenters. The van der Waals surface area contributed by atoms with E-state index in [2.05, 4.69) is 9.88 Å². The summed E-state index contributed by atoms with van der Waals surface area (Å²) < 4.78 is 0. The molecule has 0 radical (unpaired) electrons. The minimum atomic E-state index is -0.208. The number of hydrogen-bond acceptors (Lipinski definition) is 3. The van der Waals surface area contributed by atoms with Crippen LogP contribution in [0.3, 0.4) is 0 Å². The minimum Gasteiger partial charge on any atom is -0.507 e. The molecule has 2 aromatic rings. The van der Waals surface area contributed by atoms with Crippen LogP contribution in [0.2, 0.25) is 0 Å². The van der Waals surface area contributed by atoms with Crippen molar-refractivity contribution in [3.63, 3.8) is 0 Å². The highest BCUT2D eigenvalue weighted by atomic mass is 16.3. The monoisotopic (exact) mass is 260 g/mol. The molecule has 0 bridgehead atoms. The van der Waals surface area contributed by atoms with E-state index in [1.807, 2.05) is 39.0 Å². The van der Waals surface area contributed by atoms with Gasteiger partial charge < -0.3 is 10.1 Å². The average Bonchev–Trinajstić information content (AvgIpc) is 2.40. The van der Waals surface area contributed by atoms with Gasteiger partial charge in [-0.25, -0.2) is 0 Å². The molecule has 0 amide bonds. The van der Waals surface area contributed by atoms with Crippen molar-refractivity contribution in [2.75, 3.05) is 13.1 Å². The largest absolute Gasteiger partial charge is 0.507 e. The Kier molecular flexibility index (Phi) is 3.90. The molecule has 102 valence electrons. The fourth-order valence-corrected chi connectivity index (χ4v) is 2.25. The van der Waals surface area contributed by atoms with Gasteiger partial charge in [-0.05, 0) is 32.1 Å². The van der Waals surface area contributed by atoms with Crippen LogP contribution in [0.15, 0.2) is 23.0 Å². The number of nitrogens with zero attached hydrogens (tertiary/aromatic N) is 1.